The predicted octanol–water partition coefficient (Wildman–Crippen LogP) is 2.99. The molecule has 0 aliphatic carbocycles. The Morgan fingerprint density at radius 2 is 2.08 bits per heavy atom. The number of nitrogens with one attached hydrogen (secondary N) is 1. The first-order chi connectivity index (χ1) is 6.15. The summed E-state index contributed by atoms with van der Waals surface area (Å²) in [5.74, 6) is 0.947. The molecule has 0 unspecified atom stereocenters. The van der Waals surface area contributed by atoms with Crippen LogP contribution in [0.1, 0.15) is 40.0 Å². The maximum absolute atomic E-state index is 4.39. The number of nitrogens with zero attached hydrogens (tertiary/aromatic N) is 1. The van der Waals surface area contributed by atoms with E-state index in [0.29, 0.717) is 0 Å². The number of hydrogen-bond donors (Lipinski definition) is 1. The molecular formula is C11H18N2. The van der Waals surface area contributed by atoms with Gasteiger partial charge >= 0.3 is 0 Å². The number of unbranched alkanes of at least 4 members (excludes halogenated alkanes) is 1. The quantitative estimate of drug-likeness (QED) is 0.706. The number of allylic oxidation sites excluding steroid dienone is 2. The Kier molecular flexibility index (Phi) is 3.29. The van der Waals surface area contributed by atoms with Crippen LogP contribution in [-0.2, 0) is 0 Å². The first kappa shape index (κ1) is 10.0. The van der Waals surface area contributed by atoms with Crippen molar-refractivity contribution in [3.05, 3.63) is 23.5 Å². The molecule has 0 saturated carbocycles. The van der Waals surface area contributed by atoms with Gasteiger partial charge < -0.3 is 5.32 Å². The maximum atomic E-state index is 4.39. The molecule has 72 valence electrons. The van der Waals surface area contributed by atoms with Gasteiger partial charge in [0, 0.05) is 11.4 Å². The first-order valence-corrected chi connectivity index (χ1v) is 4.86. The highest BCUT2D eigenvalue weighted by atomic mass is 15.0. The average molecular weight is 178 g/mol. The average Bonchev–Trinajstić information content (AvgIpc) is 2.02. The molecule has 0 radical (unpaired) electrons. The highest BCUT2D eigenvalue weighted by molar-refractivity contribution is 5.84. The summed E-state index contributed by atoms with van der Waals surface area (Å²) in [4.78, 5) is 4.39. The lowest BCUT2D eigenvalue weighted by molar-refractivity contribution is 0.772. The Balaban J connectivity index is 2.78. The summed E-state index contributed by atoms with van der Waals surface area (Å²) in [5, 5.41) is 3.17. The Morgan fingerprint density at radius 1 is 1.38 bits per heavy atom. The fourth-order valence-corrected chi connectivity index (χ4v) is 1.54. The van der Waals surface area contributed by atoms with Gasteiger partial charge in [0.15, 0.2) is 0 Å². The molecular weight excluding hydrogens is 160 g/mol. The zero-order valence-corrected chi connectivity index (χ0v) is 8.78. The van der Waals surface area contributed by atoms with Crippen molar-refractivity contribution in [3.8, 4) is 0 Å². The molecule has 13 heavy (non-hydrogen) atoms. The molecule has 1 rings (SSSR count). The van der Waals surface area contributed by atoms with Gasteiger partial charge in [-0.05, 0) is 32.3 Å². The van der Waals surface area contributed by atoms with Crippen LogP contribution in [0.4, 0.5) is 0 Å². The zero-order chi connectivity index (χ0) is 9.84. The minimum Gasteiger partial charge on any atom is -0.344 e. The van der Waals surface area contributed by atoms with Gasteiger partial charge in [0.1, 0.15) is 5.84 Å². The van der Waals surface area contributed by atoms with Crippen LogP contribution in [0, 0.1) is 0 Å². The van der Waals surface area contributed by atoms with E-state index in [9.17, 15) is 0 Å². The van der Waals surface area contributed by atoms with Crippen molar-refractivity contribution in [2.75, 3.05) is 0 Å². The summed E-state index contributed by atoms with van der Waals surface area (Å²) in [5.41, 5.74) is 3.43. The lowest BCUT2D eigenvalue weighted by atomic mass is 10.0. The Morgan fingerprint density at radius 3 is 2.62 bits per heavy atom. The van der Waals surface area contributed by atoms with Crippen LogP contribution >= 0.6 is 0 Å². The third-order valence-corrected chi connectivity index (χ3v) is 2.25. The fourth-order valence-electron chi connectivity index (χ4n) is 1.54. The van der Waals surface area contributed by atoms with E-state index in [1.807, 2.05) is 6.92 Å². The van der Waals surface area contributed by atoms with E-state index in [0.717, 1.165) is 23.7 Å². The van der Waals surface area contributed by atoms with E-state index in [-0.39, 0.29) is 0 Å². The summed E-state index contributed by atoms with van der Waals surface area (Å²) >= 11 is 0. The van der Waals surface area contributed by atoms with E-state index in [4.69, 9.17) is 0 Å². The maximum Gasteiger partial charge on any atom is 0.103 e. The number of hydrogen-bond acceptors (Lipinski definition) is 2. The normalized spacial score (nSPS) is 17.2. The third kappa shape index (κ3) is 2.44. The summed E-state index contributed by atoms with van der Waals surface area (Å²) in [6.07, 6.45) is 3.51. The summed E-state index contributed by atoms with van der Waals surface area (Å²) in [7, 11) is 0. The van der Waals surface area contributed by atoms with Gasteiger partial charge in [0.05, 0.1) is 0 Å². The Hall–Kier alpha value is -1.05. The van der Waals surface area contributed by atoms with Crippen LogP contribution in [-0.4, -0.2) is 5.84 Å². The van der Waals surface area contributed by atoms with Crippen molar-refractivity contribution < 1.29 is 0 Å². The molecule has 0 amide bonds. The molecule has 0 saturated heterocycles. The Labute approximate surface area is 80.4 Å². The van der Waals surface area contributed by atoms with Gasteiger partial charge in [-0.2, -0.15) is 0 Å². The van der Waals surface area contributed by atoms with Crippen molar-refractivity contribution in [1.82, 2.24) is 5.32 Å². The smallest absolute Gasteiger partial charge is 0.103 e. The van der Waals surface area contributed by atoms with E-state index in [1.165, 1.54) is 18.4 Å². The van der Waals surface area contributed by atoms with Gasteiger partial charge in [-0.1, -0.05) is 19.9 Å². The van der Waals surface area contributed by atoms with E-state index >= 15 is 0 Å². The van der Waals surface area contributed by atoms with Crippen LogP contribution in [0.15, 0.2) is 28.5 Å². The lowest BCUT2D eigenvalue weighted by Gasteiger charge is -2.19. The number of amidine groups is 1. The molecule has 0 spiro atoms. The van der Waals surface area contributed by atoms with Crippen molar-refractivity contribution >= 4 is 5.84 Å². The topological polar surface area (TPSA) is 24.4 Å². The van der Waals surface area contributed by atoms with Gasteiger partial charge in [-0.3, -0.25) is 0 Å². The zero-order valence-electron chi connectivity index (χ0n) is 8.78. The SMILES string of the molecule is C=C1NC(C)=NC(C)=C1CCCC. The van der Waals surface area contributed by atoms with Gasteiger partial charge in [0.2, 0.25) is 0 Å². The number of rotatable bonds is 3. The lowest BCUT2D eigenvalue weighted by Crippen LogP contribution is -2.24. The van der Waals surface area contributed by atoms with Crippen molar-refractivity contribution in [2.24, 2.45) is 4.99 Å². The Bertz CT molecular complexity index is 272. The van der Waals surface area contributed by atoms with E-state index < -0.39 is 0 Å². The van der Waals surface area contributed by atoms with Crippen LogP contribution in [0.5, 0.6) is 0 Å². The van der Waals surface area contributed by atoms with Crippen molar-refractivity contribution in [3.63, 3.8) is 0 Å². The molecule has 0 atom stereocenters. The minimum atomic E-state index is 0.947. The minimum absolute atomic E-state index is 0.947. The summed E-state index contributed by atoms with van der Waals surface area (Å²) < 4.78 is 0. The van der Waals surface area contributed by atoms with E-state index in [2.05, 4.69) is 30.7 Å². The second kappa shape index (κ2) is 4.26. The summed E-state index contributed by atoms with van der Waals surface area (Å²) in [6.45, 7) is 10.2. The molecule has 2 heteroatoms. The summed E-state index contributed by atoms with van der Waals surface area (Å²) in [6, 6.07) is 0. The second-order valence-electron chi connectivity index (χ2n) is 3.47. The van der Waals surface area contributed by atoms with Crippen LogP contribution in [0.2, 0.25) is 0 Å². The second-order valence-corrected chi connectivity index (χ2v) is 3.47. The molecule has 1 aliphatic heterocycles. The van der Waals surface area contributed by atoms with Crippen molar-refractivity contribution in [1.29, 1.82) is 0 Å². The van der Waals surface area contributed by atoms with E-state index in [1.54, 1.807) is 0 Å². The van der Waals surface area contributed by atoms with Crippen LogP contribution in [0.3, 0.4) is 0 Å². The van der Waals surface area contributed by atoms with Gasteiger partial charge in [-0.15, -0.1) is 0 Å². The van der Waals surface area contributed by atoms with Gasteiger partial charge in [0.25, 0.3) is 0 Å². The highest BCUT2D eigenvalue weighted by Crippen LogP contribution is 2.22. The monoisotopic (exact) mass is 178 g/mol. The van der Waals surface area contributed by atoms with Crippen LogP contribution in [0.25, 0.3) is 0 Å². The molecule has 1 heterocycles. The van der Waals surface area contributed by atoms with Crippen LogP contribution < -0.4 is 5.32 Å². The molecule has 1 N–H and O–H groups in total. The molecule has 0 aromatic carbocycles. The third-order valence-electron chi connectivity index (χ3n) is 2.25. The molecule has 2 nitrogen and oxygen atoms in total. The van der Waals surface area contributed by atoms with Gasteiger partial charge in [-0.25, -0.2) is 4.99 Å². The van der Waals surface area contributed by atoms with Crippen molar-refractivity contribution in [2.45, 2.75) is 40.0 Å². The molecule has 0 fully saturated rings. The highest BCUT2D eigenvalue weighted by Gasteiger charge is 2.11. The number of aliphatic imine (C=N–C) groups is 1. The molecule has 0 aromatic heterocycles. The standard InChI is InChI=1S/C11H18N2/c1-5-6-7-11-8(2)12-10(4)13-9(11)3/h2,5-7H2,1,3-4H3,(H,12,13). The molecule has 0 bridgehead atoms. The predicted molar refractivity (Wildman–Crippen MR) is 57.6 cm³/mol. The first-order valence-electron chi connectivity index (χ1n) is 4.86. The fraction of sp³-hybridized carbons (Fsp3) is 0.545. The molecule has 1 aliphatic rings. The largest absolute Gasteiger partial charge is 0.344 e. The molecule has 0 aromatic rings.